The van der Waals surface area contributed by atoms with Crippen LogP contribution in [0.5, 0.6) is 0 Å². The van der Waals surface area contributed by atoms with Crippen LogP contribution in [0.1, 0.15) is 38.1 Å². The van der Waals surface area contributed by atoms with Gasteiger partial charge in [0.2, 0.25) is 0 Å². The molecule has 0 aliphatic rings. The third-order valence-corrected chi connectivity index (χ3v) is 5.47. The molecule has 9 heteroatoms. The SMILES string of the molecule is CC.Cc1nn(C(C)c2cnn(-c3cccnc3)c(=O)c2-c2ccccc2)c2ncnc(N)c12. The topological polar surface area (TPSA) is 117 Å². The molecule has 0 aliphatic carbocycles. The number of aromatic nitrogens is 7. The van der Waals surface area contributed by atoms with E-state index < -0.39 is 0 Å². The molecule has 0 radical (unpaired) electrons. The molecule has 5 rings (SSSR count). The van der Waals surface area contributed by atoms with Crippen molar-refractivity contribution in [1.82, 2.24) is 34.5 Å². The van der Waals surface area contributed by atoms with Gasteiger partial charge in [-0.2, -0.15) is 14.9 Å². The van der Waals surface area contributed by atoms with Gasteiger partial charge in [0.05, 0.1) is 40.8 Å². The predicted octanol–water partition coefficient (Wildman–Crippen LogP) is 3.96. The van der Waals surface area contributed by atoms with Gasteiger partial charge in [-0.3, -0.25) is 9.78 Å². The van der Waals surface area contributed by atoms with Crippen molar-refractivity contribution in [3.05, 3.63) is 89.0 Å². The number of hydrogen-bond donors (Lipinski definition) is 1. The summed E-state index contributed by atoms with van der Waals surface area (Å²) in [5.41, 5.74) is 9.81. The zero-order valence-electron chi connectivity index (χ0n) is 19.5. The van der Waals surface area contributed by atoms with E-state index in [1.165, 1.54) is 11.0 Å². The summed E-state index contributed by atoms with van der Waals surface area (Å²) in [6.07, 6.45) is 6.38. The van der Waals surface area contributed by atoms with E-state index in [9.17, 15) is 4.79 Å². The third kappa shape index (κ3) is 3.92. The Bertz CT molecular complexity index is 1480. The summed E-state index contributed by atoms with van der Waals surface area (Å²) in [5.74, 6) is 0.374. The van der Waals surface area contributed by atoms with E-state index in [4.69, 9.17) is 5.73 Å². The average Bonchev–Trinajstić information content (AvgIpc) is 3.23. The molecule has 172 valence electrons. The van der Waals surface area contributed by atoms with Crippen molar-refractivity contribution >= 4 is 16.9 Å². The highest BCUT2D eigenvalue weighted by Gasteiger charge is 2.23. The second kappa shape index (κ2) is 9.62. The van der Waals surface area contributed by atoms with Crippen LogP contribution in [0.25, 0.3) is 27.8 Å². The molecule has 9 nitrogen and oxygen atoms in total. The lowest BCUT2D eigenvalue weighted by molar-refractivity contribution is 0.569. The van der Waals surface area contributed by atoms with Crippen molar-refractivity contribution in [3.63, 3.8) is 0 Å². The minimum atomic E-state index is -0.334. The number of benzene rings is 1. The van der Waals surface area contributed by atoms with E-state index in [1.807, 2.05) is 58.0 Å². The molecule has 34 heavy (non-hydrogen) atoms. The van der Waals surface area contributed by atoms with E-state index in [0.29, 0.717) is 28.1 Å². The first-order valence-electron chi connectivity index (χ1n) is 11.1. The van der Waals surface area contributed by atoms with Crippen LogP contribution in [-0.2, 0) is 0 Å². The van der Waals surface area contributed by atoms with Crippen molar-refractivity contribution < 1.29 is 0 Å². The van der Waals surface area contributed by atoms with Crippen molar-refractivity contribution in [2.24, 2.45) is 0 Å². The van der Waals surface area contributed by atoms with Gasteiger partial charge in [-0.05, 0) is 31.5 Å². The normalized spacial score (nSPS) is 11.6. The Hall–Kier alpha value is -4.40. The Kier molecular flexibility index (Phi) is 6.44. The number of anilines is 1. The van der Waals surface area contributed by atoms with Crippen LogP contribution in [0.3, 0.4) is 0 Å². The quantitative estimate of drug-likeness (QED) is 0.437. The van der Waals surface area contributed by atoms with Crippen LogP contribution in [-0.4, -0.2) is 34.5 Å². The molecular weight excluding hydrogens is 428 g/mol. The van der Waals surface area contributed by atoms with Crippen molar-refractivity contribution in [1.29, 1.82) is 0 Å². The zero-order chi connectivity index (χ0) is 24.2. The van der Waals surface area contributed by atoms with Crippen LogP contribution >= 0.6 is 0 Å². The van der Waals surface area contributed by atoms with Gasteiger partial charge in [-0.1, -0.05) is 44.2 Å². The maximum absolute atomic E-state index is 13.6. The first kappa shape index (κ1) is 22.8. The van der Waals surface area contributed by atoms with Crippen LogP contribution in [0.2, 0.25) is 0 Å². The molecule has 0 saturated heterocycles. The van der Waals surface area contributed by atoms with Gasteiger partial charge < -0.3 is 5.73 Å². The van der Waals surface area contributed by atoms with E-state index in [2.05, 4.69) is 25.1 Å². The Labute approximate surface area is 197 Å². The molecule has 1 atom stereocenters. The highest BCUT2D eigenvalue weighted by molar-refractivity contribution is 5.88. The minimum Gasteiger partial charge on any atom is -0.383 e. The van der Waals surface area contributed by atoms with Crippen molar-refractivity contribution in [2.45, 2.75) is 33.7 Å². The fourth-order valence-corrected chi connectivity index (χ4v) is 3.91. The minimum absolute atomic E-state index is 0.240. The fourth-order valence-electron chi connectivity index (χ4n) is 3.91. The number of pyridine rings is 1. The lowest BCUT2D eigenvalue weighted by atomic mass is 9.98. The van der Waals surface area contributed by atoms with Gasteiger partial charge in [0.15, 0.2) is 5.65 Å². The molecular formula is C25H26N8O. The highest BCUT2D eigenvalue weighted by atomic mass is 16.1. The number of rotatable bonds is 4. The molecule has 4 aromatic heterocycles. The van der Waals surface area contributed by atoms with Crippen LogP contribution in [0, 0.1) is 6.92 Å². The number of aryl methyl sites for hydroxylation is 1. The first-order valence-corrected chi connectivity index (χ1v) is 11.1. The Morgan fingerprint density at radius 3 is 2.47 bits per heavy atom. The van der Waals surface area contributed by atoms with Gasteiger partial charge >= 0.3 is 0 Å². The Balaban J connectivity index is 0.00000133. The maximum Gasteiger partial charge on any atom is 0.279 e. The number of fused-ring (bicyclic) bond motifs is 1. The largest absolute Gasteiger partial charge is 0.383 e. The summed E-state index contributed by atoms with van der Waals surface area (Å²) in [5, 5.41) is 9.82. The standard InChI is InChI=1S/C23H20N8O.C2H6/c1-14-19-21(24)26-13-27-22(19)30(29-14)15(2)18-12-28-31(17-9-6-10-25-11-17)23(32)20(18)16-7-4-3-5-8-16;1-2/h3-13,15H,1-2H3,(H2,24,26,27);1-2H3. The van der Waals surface area contributed by atoms with Gasteiger partial charge in [-0.25, -0.2) is 14.6 Å². The summed E-state index contributed by atoms with van der Waals surface area (Å²) >= 11 is 0. The number of hydrogen-bond acceptors (Lipinski definition) is 7. The summed E-state index contributed by atoms with van der Waals surface area (Å²) in [4.78, 5) is 26.2. The van der Waals surface area contributed by atoms with Gasteiger partial charge in [0.1, 0.15) is 12.1 Å². The molecule has 0 amide bonds. The Morgan fingerprint density at radius 2 is 1.76 bits per heavy atom. The van der Waals surface area contributed by atoms with Crippen LogP contribution in [0.4, 0.5) is 5.82 Å². The Morgan fingerprint density at radius 1 is 1.00 bits per heavy atom. The van der Waals surface area contributed by atoms with E-state index in [0.717, 1.165) is 16.8 Å². The second-order valence-electron chi connectivity index (χ2n) is 7.43. The highest BCUT2D eigenvalue weighted by Crippen LogP contribution is 2.30. The van der Waals surface area contributed by atoms with E-state index in [-0.39, 0.29) is 11.6 Å². The zero-order valence-corrected chi connectivity index (χ0v) is 19.5. The van der Waals surface area contributed by atoms with E-state index in [1.54, 1.807) is 35.4 Å². The molecule has 0 aliphatic heterocycles. The molecule has 1 unspecified atom stereocenters. The summed E-state index contributed by atoms with van der Waals surface area (Å²) in [7, 11) is 0. The average molecular weight is 455 g/mol. The summed E-state index contributed by atoms with van der Waals surface area (Å²) in [6.45, 7) is 7.82. The molecule has 0 saturated carbocycles. The second-order valence-corrected chi connectivity index (χ2v) is 7.43. The van der Waals surface area contributed by atoms with Crippen LogP contribution < -0.4 is 11.3 Å². The molecule has 0 spiro atoms. The first-order chi connectivity index (χ1) is 16.6. The van der Waals surface area contributed by atoms with Gasteiger partial charge in [0, 0.05) is 11.8 Å². The van der Waals surface area contributed by atoms with E-state index >= 15 is 0 Å². The monoisotopic (exact) mass is 454 g/mol. The molecule has 1 aromatic carbocycles. The molecule has 4 heterocycles. The maximum atomic E-state index is 13.6. The molecule has 5 aromatic rings. The third-order valence-electron chi connectivity index (χ3n) is 5.47. The smallest absolute Gasteiger partial charge is 0.279 e. The molecule has 0 bridgehead atoms. The summed E-state index contributed by atoms with van der Waals surface area (Å²) in [6, 6.07) is 12.8. The molecule has 2 N–H and O–H groups in total. The number of nitrogens with zero attached hydrogens (tertiary/aromatic N) is 7. The fraction of sp³-hybridized carbons (Fsp3) is 0.200. The van der Waals surface area contributed by atoms with Gasteiger partial charge in [0.25, 0.3) is 5.56 Å². The number of nitrogens with two attached hydrogens (primary N) is 1. The summed E-state index contributed by atoms with van der Waals surface area (Å²) < 4.78 is 3.12. The lowest BCUT2D eigenvalue weighted by Crippen LogP contribution is -2.26. The predicted molar refractivity (Wildman–Crippen MR) is 133 cm³/mol. The van der Waals surface area contributed by atoms with Crippen molar-refractivity contribution in [2.75, 3.05) is 5.73 Å². The number of nitrogen functional groups attached to an aromatic ring is 1. The van der Waals surface area contributed by atoms with Gasteiger partial charge in [-0.15, -0.1) is 0 Å². The van der Waals surface area contributed by atoms with Crippen molar-refractivity contribution in [3.8, 4) is 16.8 Å². The molecule has 0 fully saturated rings. The lowest BCUT2D eigenvalue weighted by Gasteiger charge is -2.18. The van der Waals surface area contributed by atoms with Crippen LogP contribution in [0.15, 0.2) is 72.2 Å².